The number of rotatable bonds is 3. The van der Waals surface area contributed by atoms with Gasteiger partial charge in [0, 0.05) is 4.47 Å². The summed E-state index contributed by atoms with van der Waals surface area (Å²) >= 11 is 9.30. The molecule has 2 rings (SSSR count). The third-order valence-electron chi connectivity index (χ3n) is 2.20. The Morgan fingerprint density at radius 3 is 2.61 bits per heavy atom. The zero-order valence-corrected chi connectivity index (χ0v) is 11.4. The molecular formula is C13H8BrClO3. The molecular weight excluding hydrogens is 319 g/mol. The van der Waals surface area contributed by atoms with E-state index in [4.69, 9.17) is 21.4 Å². The number of hydrogen-bond donors (Lipinski definition) is 1. The summed E-state index contributed by atoms with van der Waals surface area (Å²) in [6, 6.07) is 11.6. The van der Waals surface area contributed by atoms with E-state index in [1.54, 1.807) is 12.1 Å². The van der Waals surface area contributed by atoms with E-state index in [0.29, 0.717) is 11.5 Å². The highest BCUT2D eigenvalue weighted by Gasteiger charge is 2.08. The Kier molecular flexibility index (Phi) is 3.89. The fraction of sp³-hybridized carbons (Fsp3) is 0. The zero-order valence-electron chi connectivity index (χ0n) is 9.06. The Balaban J connectivity index is 2.27. The van der Waals surface area contributed by atoms with Gasteiger partial charge in [0.05, 0.1) is 10.6 Å². The van der Waals surface area contributed by atoms with Crippen molar-refractivity contribution in [1.82, 2.24) is 0 Å². The summed E-state index contributed by atoms with van der Waals surface area (Å²) in [6.07, 6.45) is 0. The second kappa shape index (κ2) is 5.42. The van der Waals surface area contributed by atoms with Crippen LogP contribution in [0.4, 0.5) is 0 Å². The number of hydrogen-bond acceptors (Lipinski definition) is 2. The monoisotopic (exact) mass is 326 g/mol. The molecule has 0 amide bonds. The van der Waals surface area contributed by atoms with Crippen molar-refractivity contribution >= 4 is 33.5 Å². The van der Waals surface area contributed by atoms with Gasteiger partial charge >= 0.3 is 5.97 Å². The van der Waals surface area contributed by atoms with Crippen LogP contribution in [0.2, 0.25) is 5.02 Å². The molecule has 2 aromatic carbocycles. The molecule has 0 spiro atoms. The van der Waals surface area contributed by atoms with Gasteiger partial charge in [0.25, 0.3) is 0 Å². The number of benzene rings is 2. The van der Waals surface area contributed by atoms with E-state index in [9.17, 15) is 4.79 Å². The third kappa shape index (κ3) is 3.03. The first-order valence-electron chi connectivity index (χ1n) is 5.02. The maximum atomic E-state index is 10.8. The summed E-state index contributed by atoms with van der Waals surface area (Å²) in [5.74, 6) is 0.0139. The van der Waals surface area contributed by atoms with Crippen molar-refractivity contribution in [1.29, 1.82) is 0 Å². The minimum Gasteiger partial charge on any atom is -0.478 e. The number of halogens is 2. The number of carboxylic acids is 1. The second-order valence-corrected chi connectivity index (χ2v) is 4.83. The van der Waals surface area contributed by atoms with Gasteiger partial charge in [-0.1, -0.05) is 33.6 Å². The quantitative estimate of drug-likeness (QED) is 0.896. The summed E-state index contributed by atoms with van der Waals surface area (Å²) in [5.41, 5.74) is 0.126. The lowest BCUT2D eigenvalue weighted by atomic mass is 10.2. The molecule has 0 unspecified atom stereocenters. The molecule has 0 saturated carbocycles. The third-order valence-corrected chi connectivity index (χ3v) is 2.99. The van der Waals surface area contributed by atoms with E-state index in [1.165, 1.54) is 18.2 Å². The molecule has 0 aliphatic carbocycles. The van der Waals surface area contributed by atoms with Crippen molar-refractivity contribution in [3.8, 4) is 11.5 Å². The lowest BCUT2D eigenvalue weighted by molar-refractivity contribution is 0.0697. The number of ether oxygens (including phenoxy) is 1. The first kappa shape index (κ1) is 12.9. The second-order valence-electron chi connectivity index (χ2n) is 3.51. The Bertz CT molecular complexity index is 599. The van der Waals surface area contributed by atoms with Crippen LogP contribution in [0.3, 0.4) is 0 Å². The SMILES string of the molecule is O=C(O)c1ccc(Oc2cccc(Br)c2)c(Cl)c1. The van der Waals surface area contributed by atoms with Crippen molar-refractivity contribution < 1.29 is 14.6 Å². The van der Waals surface area contributed by atoms with Gasteiger partial charge in [-0.3, -0.25) is 0 Å². The first-order valence-corrected chi connectivity index (χ1v) is 6.19. The molecule has 0 aliphatic heterocycles. The highest BCUT2D eigenvalue weighted by molar-refractivity contribution is 9.10. The highest BCUT2D eigenvalue weighted by atomic mass is 79.9. The number of aromatic carboxylic acids is 1. The van der Waals surface area contributed by atoms with Gasteiger partial charge in [0.1, 0.15) is 11.5 Å². The molecule has 0 atom stereocenters. The average molecular weight is 328 g/mol. The maximum absolute atomic E-state index is 10.8. The predicted molar refractivity (Wildman–Crippen MR) is 72.6 cm³/mol. The largest absolute Gasteiger partial charge is 0.478 e. The molecule has 0 aromatic heterocycles. The van der Waals surface area contributed by atoms with E-state index >= 15 is 0 Å². The Morgan fingerprint density at radius 1 is 1.22 bits per heavy atom. The van der Waals surface area contributed by atoms with E-state index in [0.717, 1.165) is 4.47 Å². The molecule has 0 saturated heterocycles. The van der Waals surface area contributed by atoms with Crippen LogP contribution in [-0.4, -0.2) is 11.1 Å². The minimum atomic E-state index is -1.02. The fourth-order valence-electron chi connectivity index (χ4n) is 1.37. The molecule has 1 N–H and O–H groups in total. The van der Waals surface area contributed by atoms with E-state index in [2.05, 4.69) is 15.9 Å². The first-order chi connectivity index (χ1) is 8.56. The van der Waals surface area contributed by atoms with Gasteiger partial charge in [0.2, 0.25) is 0 Å². The van der Waals surface area contributed by atoms with Gasteiger partial charge in [-0.25, -0.2) is 4.79 Å². The summed E-state index contributed by atoms with van der Waals surface area (Å²) in [6.45, 7) is 0. The zero-order chi connectivity index (χ0) is 13.1. The van der Waals surface area contributed by atoms with Crippen molar-refractivity contribution in [2.75, 3.05) is 0 Å². The van der Waals surface area contributed by atoms with E-state index < -0.39 is 5.97 Å². The minimum absolute atomic E-state index is 0.126. The average Bonchev–Trinajstić information content (AvgIpc) is 2.31. The summed E-state index contributed by atoms with van der Waals surface area (Å²) in [4.78, 5) is 10.8. The van der Waals surface area contributed by atoms with E-state index in [1.807, 2.05) is 12.1 Å². The fourth-order valence-corrected chi connectivity index (χ4v) is 1.97. The molecule has 92 valence electrons. The molecule has 0 heterocycles. The standard InChI is InChI=1S/C13H8BrClO3/c14-9-2-1-3-10(7-9)18-12-5-4-8(13(16)17)6-11(12)15/h1-7H,(H,16,17). The van der Waals surface area contributed by atoms with Crippen molar-refractivity contribution in [2.24, 2.45) is 0 Å². The summed E-state index contributed by atoms with van der Waals surface area (Å²) < 4.78 is 6.46. The topological polar surface area (TPSA) is 46.5 Å². The van der Waals surface area contributed by atoms with Crippen LogP contribution in [0.5, 0.6) is 11.5 Å². The van der Waals surface area contributed by atoms with Gasteiger partial charge in [-0.05, 0) is 36.4 Å². The lowest BCUT2D eigenvalue weighted by Crippen LogP contribution is -1.96. The lowest BCUT2D eigenvalue weighted by Gasteiger charge is -2.08. The van der Waals surface area contributed by atoms with Crippen LogP contribution in [0.25, 0.3) is 0 Å². The predicted octanol–water partition coefficient (Wildman–Crippen LogP) is 4.59. The van der Waals surface area contributed by atoms with Gasteiger partial charge < -0.3 is 9.84 Å². The summed E-state index contributed by atoms with van der Waals surface area (Å²) in [7, 11) is 0. The molecule has 0 radical (unpaired) electrons. The van der Waals surface area contributed by atoms with Gasteiger partial charge in [-0.2, -0.15) is 0 Å². The Labute approximate surface area is 117 Å². The molecule has 5 heteroatoms. The molecule has 0 bridgehead atoms. The van der Waals surface area contributed by atoms with Crippen LogP contribution in [-0.2, 0) is 0 Å². The highest BCUT2D eigenvalue weighted by Crippen LogP contribution is 2.31. The van der Waals surface area contributed by atoms with Crippen molar-refractivity contribution in [2.45, 2.75) is 0 Å². The smallest absolute Gasteiger partial charge is 0.335 e. The van der Waals surface area contributed by atoms with Crippen LogP contribution >= 0.6 is 27.5 Å². The van der Waals surface area contributed by atoms with Crippen LogP contribution < -0.4 is 4.74 Å². The van der Waals surface area contributed by atoms with Crippen LogP contribution in [0.1, 0.15) is 10.4 Å². The molecule has 0 aliphatic rings. The summed E-state index contributed by atoms with van der Waals surface area (Å²) in [5, 5.41) is 9.08. The molecule has 18 heavy (non-hydrogen) atoms. The van der Waals surface area contributed by atoms with Crippen LogP contribution in [0, 0.1) is 0 Å². The van der Waals surface area contributed by atoms with Crippen LogP contribution in [0.15, 0.2) is 46.9 Å². The molecule has 0 fully saturated rings. The van der Waals surface area contributed by atoms with Crippen molar-refractivity contribution in [3.05, 3.63) is 57.5 Å². The van der Waals surface area contributed by atoms with Gasteiger partial charge in [-0.15, -0.1) is 0 Å². The molecule has 3 nitrogen and oxygen atoms in total. The normalized spacial score (nSPS) is 10.1. The Morgan fingerprint density at radius 2 is 2.00 bits per heavy atom. The van der Waals surface area contributed by atoms with Crippen molar-refractivity contribution in [3.63, 3.8) is 0 Å². The Hall–Kier alpha value is -1.52. The maximum Gasteiger partial charge on any atom is 0.335 e. The molecule has 2 aromatic rings. The van der Waals surface area contributed by atoms with E-state index in [-0.39, 0.29) is 10.6 Å². The van der Waals surface area contributed by atoms with Gasteiger partial charge in [0.15, 0.2) is 0 Å². The number of carbonyl (C=O) groups is 1. The number of carboxylic acid groups (broad SMARTS) is 1.